The first kappa shape index (κ1) is 8.68. The zero-order valence-electron chi connectivity index (χ0n) is 8.27. The average Bonchev–Trinajstić information content (AvgIpc) is 2.82. The number of nitrogens with zero attached hydrogens (tertiary/aromatic N) is 1. The summed E-state index contributed by atoms with van der Waals surface area (Å²) < 4.78 is 10.8. The first-order valence-corrected chi connectivity index (χ1v) is 5.03. The molecular formula is C12H11NO2. The minimum Gasteiger partial charge on any atom is -0.445 e. The van der Waals surface area contributed by atoms with Crippen molar-refractivity contribution >= 4 is 0 Å². The third-order valence-electron chi connectivity index (χ3n) is 2.69. The quantitative estimate of drug-likeness (QED) is 0.710. The third kappa shape index (κ3) is 1.45. The molecule has 0 amide bonds. The summed E-state index contributed by atoms with van der Waals surface area (Å²) in [5, 5.41) is 0. The lowest BCUT2D eigenvalue weighted by Crippen LogP contribution is -2.10. The van der Waals surface area contributed by atoms with E-state index in [1.54, 1.807) is 12.5 Å². The highest BCUT2D eigenvalue weighted by Crippen LogP contribution is 2.28. The molecule has 1 aliphatic rings. The van der Waals surface area contributed by atoms with Crippen molar-refractivity contribution in [1.29, 1.82) is 0 Å². The molecule has 3 rings (SSSR count). The summed E-state index contributed by atoms with van der Waals surface area (Å²) in [5.41, 5.74) is 3.66. The highest BCUT2D eigenvalue weighted by atomic mass is 16.5. The summed E-state index contributed by atoms with van der Waals surface area (Å²) in [6.45, 7) is 1.48. The maximum atomic E-state index is 5.42. The van der Waals surface area contributed by atoms with Gasteiger partial charge < -0.3 is 9.15 Å². The summed E-state index contributed by atoms with van der Waals surface area (Å²) in [6, 6.07) is 6.17. The highest BCUT2D eigenvalue weighted by molar-refractivity contribution is 5.61. The lowest BCUT2D eigenvalue weighted by atomic mass is 9.97. The first-order valence-electron chi connectivity index (χ1n) is 5.03. The minimum atomic E-state index is 0.698. The summed E-state index contributed by atoms with van der Waals surface area (Å²) in [4.78, 5) is 4.19. The van der Waals surface area contributed by atoms with Crippen LogP contribution in [-0.4, -0.2) is 11.6 Å². The van der Waals surface area contributed by atoms with Crippen molar-refractivity contribution < 1.29 is 9.15 Å². The third-order valence-corrected chi connectivity index (χ3v) is 2.69. The molecule has 1 aromatic carbocycles. The molecule has 0 radical (unpaired) electrons. The fourth-order valence-corrected chi connectivity index (χ4v) is 1.98. The van der Waals surface area contributed by atoms with Crippen molar-refractivity contribution in [1.82, 2.24) is 4.98 Å². The lowest BCUT2D eigenvalue weighted by molar-refractivity contribution is 0.111. The van der Waals surface area contributed by atoms with Gasteiger partial charge in [0.2, 0.25) is 5.89 Å². The van der Waals surface area contributed by atoms with E-state index in [1.165, 1.54) is 11.1 Å². The van der Waals surface area contributed by atoms with E-state index in [0.29, 0.717) is 12.5 Å². The molecule has 0 fully saturated rings. The molecule has 0 atom stereocenters. The largest absolute Gasteiger partial charge is 0.445 e. The molecule has 76 valence electrons. The molecule has 15 heavy (non-hydrogen) atoms. The van der Waals surface area contributed by atoms with Crippen molar-refractivity contribution in [3.8, 4) is 11.5 Å². The van der Waals surface area contributed by atoms with E-state index in [1.807, 2.05) is 6.07 Å². The van der Waals surface area contributed by atoms with Crippen LogP contribution in [-0.2, 0) is 17.8 Å². The molecule has 3 nitrogen and oxygen atoms in total. The minimum absolute atomic E-state index is 0.698. The number of benzene rings is 1. The molecule has 1 aliphatic heterocycles. The zero-order chi connectivity index (χ0) is 10.1. The molecule has 3 heteroatoms. The van der Waals surface area contributed by atoms with E-state index >= 15 is 0 Å². The second kappa shape index (κ2) is 3.51. The molecule has 0 aliphatic carbocycles. The highest BCUT2D eigenvalue weighted by Gasteiger charge is 2.16. The molecule has 2 heterocycles. The fraction of sp³-hybridized carbons (Fsp3) is 0.250. The SMILES string of the molecule is c1cc2c(c(-c3ncco3)c1)CCOC2. The van der Waals surface area contributed by atoms with Gasteiger partial charge in [-0.05, 0) is 23.6 Å². The molecule has 0 unspecified atom stereocenters. The van der Waals surface area contributed by atoms with Gasteiger partial charge in [0, 0.05) is 5.56 Å². The van der Waals surface area contributed by atoms with Gasteiger partial charge in [0.25, 0.3) is 0 Å². The van der Waals surface area contributed by atoms with Gasteiger partial charge in [-0.1, -0.05) is 12.1 Å². The molecule has 1 aromatic heterocycles. The van der Waals surface area contributed by atoms with Crippen LogP contribution in [0, 0.1) is 0 Å². The van der Waals surface area contributed by atoms with Crippen LogP contribution in [0.1, 0.15) is 11.1 Å². The molecule has 0 spiro atoms. The standard InChI is InChI=1S/C12H11NO2/c1-2-9-8-14-6-4-10(9)11(3-1)12-13-5-7-15-12/h1-3,5,7H,4,6,8H2. The smallest absolute Gasteiger partial charge is 0.226 e. The van der Waals surface area contributed by atoms with Crippen LogP contribution in [0.4, 0.5) is 0 Å². The van der Waals surface area contributed by atoms with Gasteiger partial charge in [-0.3, -0.25) is 0 Å². The summed E-state index contributed by atoms with van der Waals surface area (Å²) >= 11 is 0. The van der Waals surface area contributed by atoms with E-state index < -0.39 is 0 Å². The average molecular weight is 201 g/mol. The van der Waals surface area contributed by atoms with Crippen LogP contribution < -0.4 is 0 Å². The van der Waals surface area contributed by atoms with Crippen LogP contribution >= 0.6 is 0 Å². The summed E-state index contributed by atoms with van der Waals surface area (Å²) in [7, 11) is 0. The Labute approximate surface area is 87.7 Å². The Morgan fingerprint density at radius 2 is 2.27 bits per heavy atom. The van der Waals surface area contributed by atoms with E-state index in [0.717, 1.165) is 18.6 Å². The lowest BCUT2D eigenvalue weighted by Gasteiger charge is -2.18. The zero-order valence-corrected chi connectivity index (χ0v) is 8.27. The maximum absolute atomic E-state index is 5.42. The number of rotatable bonds is 1. The Morgan fingerprint density at radius 3 is 3.13 bits per heavy atom. The predicted molar refractivity (Wildman–Crippen MR) is 55.3 cm³/mol. The Bertz CT molecular complexity index is 462. The van der Waals surface area contributed by atoms with Gasteiger partial charge in [0.15, 0.2) is 0 Å². The Balaban J connectivity index is 2.15. The topological polar surface area (TPSA) is 35.3 Å². The molecular weight excluding hydrogens is 190 g/mol. The van der Waals surface area contributed by atoms with Crippen LogP contribution in [0.3, 0.4) is 0 Å². The molecule has 0 saturated carbocycles. The predicted octanol–water partition coefficient (Wildman–Crippen LogP) is 2.41. The second-order valence-corrected chi connectivity index (χ2v) is 3.58. The van der Waals surface area contributed by atoms with E-state index in [4.69, 9.17) is 9.15 Å². The molecule has 0 bridgehead atoms. The number of fused-ring (bicyclic) bond motifs is 1. The van der Waals surface area contributed by atoms with Crippen LogP contribution in [0.25, 0.3) is 11.5 Å². The molecule has 2 aromatic rings. The number of oxazole rings is 1. The van der Waals surface area contributed by atoms with E-state index in [-0.39, 0.29) is 0 Å². The number of hydrogen-bond acceptors (Lipinski definition) is 3. The van der Waals surface area contributed by atoms with Crippen LogP contribution in [0.15, 0.2) is 35.1 Å². The monoisotopic (exact) mass is 201 g/mol. The van der Waals surface area contributed by atoms with Crippen LogP contribution in [0.2, 0.25) is 0 Å². The van der Waals surface area contributed by atoms with Gasteiger partial charge in [0.1, 0.15) is 6.26 Å². The van der Waals surface area contributed by atoms with Gasteiger partial charge in [0.05, 0.1) is 19.4 Å². The summed E-state index contributed by atoms with van der Waals surface area (Å²) in [5.74, 6) is 0.703. The summed E-state index contributed by atoms with van der Waals surface area (Å²) in [6.07, 6.45) is 4.22. The van der Waals surface area contributed by atoms with Gasteiger partial charge in [-0.2, -0.15) is 0 Å². The Kier molecular flexibility index (Phi) is 2.03. The number of ether oxygens (including phenoxy) is 1. The van der Waals surface area contributed by atoms with Crippen molar-refractivity contribution in [2.45, 2.75) is 13.0 Å². The normalized spacial score (nSPS) is 14.9. The number of hydrogen-bond donors (Lipinski definition) is 0. The van der Waals surface area contributed by atoms with Gasteiger partial charge >= 0.3 is 0 Å². The Morgan fingerprint density at radius 1 is 1.27 bits per heavy atom. The first-order chi connectivity index (χ1) is 7.45. The van der Waals surface area contributed by atoms with Gasteiger partial charge in [-0.25, -0.2) is 4.98 Å². The van der Waals surface area contributed by atoms with Crippen molar-refractivity contribution in [2.75, 3.05) is 6.61 Å². The molecule has 0 saturated heterocycles. The van der Waals surface area contributed by atoms with Crippen molar-refractivity contribution in [3.05, 3.63) is 41.8 Å². The van der Waals surface area contributed by atoms with Crippen molar-refractivity contribution in [3.63, 3.8) is 0 Å². The fourth-order valence-electron chi connectivity index (χ4n) is 1.98. The van der Waals surface area contributed by atoms with Gasteiger partial charge in [-0.15, -0.1) is 0 Å². The maximum Gasteiger partial charge on any atom is 0.226 e. The number of aromatic nitrogens is 1. The second-order valence-electron chi connectivity index (χ2n) is 3.58. The Hall–Kier alpha value is -1.61. The van der Waals surface area contributed by atoms with Crippen molar-refractivity contribution in [2.24, 2.45) is 0 Å². The molecule has 0 N–H and O–H groups in total. The van der Waals surface area contributed by atoms with E-state index in [9.17, 15) is 0 Å². The van der Waals surface area contributed by atoms with E-state index in [2.05, 4.69) is 17.1 Å². The van der Waals surface area contributed by atoms with Crippen LogP contribution in [0.5, 0.6) is 0 Å².